The van der Waals surface area contributed by atoms with E-state index in [4.69, 9.17) is 0 Å². The molecule has 1 saturated heterocycles. The Labute approximate surface area is 118 Å². The van der Waals surface area contributed by atoms with E-state index in [0.717, 1.165) is 36.5 Å². The highest BCUT2D eigenvalue weighted by Gasteiger charge is 2.21. The van der Waals surface area contributed by atoms with E-state index in [1.807, 2.05) is 12.1 Å². The molecule has 0 aliphatic carbocycles. The third kappa shape index (κ3) is 4.02. The predicted molar refractivity (Wildman–Crippen MR) is 77.6 cm³/mol. The number of halogens is 1. The molecule has 0 aromatic carbocycles. The fourth-order valence-electron chi connectivity index (χ4n) is 2.24. The van der Waals surface area contributed by atoms with Crippen LogP contribution in [0.1, 0.15) is 5.69 Å². The highest BCUT2D eigenvalue weighted by molar-refractivity contribution is 9.10. The molecule has 2 rings (SSSR count). The first-order valence-corrected chi connectivity index (χ1v) is 7.15. The first kappa shape index (κ1) is 13.9. The molecule has 1 atom stereocenters. The van der Waals surface area contributed by atoms with Crippen LogP contribution in [0.25, 0.3) is 0 Å². The molecule has 1 N–H and O–H groups in total. The second kappa shape index (κ2) is 6.61. The number of nitrogens with zero attached hydrogens (tertiary/aromatic N) is 3. The molecule has 4 nitrogen and oxygen atoms in total. The summed E-state index contributed by atoms with van der Waals surface area (Å²) in [5, 5.41) is 3.50. The van der Waals surface area contributed by atoms with E-state index in [0.29, 0.717) is 6.04 Å². The van der Waals surface area contributed by atoms with E-state index in [1.54, 1.807) is 0 Å². The first-order valence-electron chi connectivity index (χ1n) is 6.36. The van der Waals surface area contributed by atoms with Gasteiger partial charge in [-0.2, -0.15) is 0 Å². The van der Waals surface area contributed by atoms with E-state index in [2.05, 4.69) is 56.2 Å². The number of aromatic nitrogens is 1. The summed E-state index contributed by atoms with van der Waals surface area (Å²) in [7, 11) is 4.40. The first-order chi connectivity index (χ1) is 8.65. The van der Waals surface area contributed by atoms with E-state index >= 15 is 0 Å². The van der Waals surface area contributed by atoms with Crippen molar-refractivity contribution in [1.29, 1.82) is 0 Å². The molecule has 1 unspecified atom stereocenters. The van der Waals surface area contributed by atoms with Crippen molar-refractivity contribution in [3.63, 3.8) is 0 Å². The van der Waals surface area contributed by atoms with Gasteiger partial charge in [0, 0.05) is 38.8 Å². The molecule has 0 radical (unpaired) electrons. The second-order valence-electron chi connectivity index (χ2n) is 4.98. The Morgan fingerprint density at radius 1 is 1.39 bits per heavy atom. The summed E-state index contributed by atoms with van der Waals surface area (Å²) >= 11 is 3.39. The van der Waals surface area contributed by atoms with Gasteiger partial charge in [0.2, 0.25) is 0 Å². The summed E-state index contributed by atoms with van der Waals surface area (Å²) < 4.78 is 0.899. The lowest BCUT2D eigenvalue weighted by atomic mass is 10.2. The lowest BCUT2D eigenvalue weighted by molar-refractivity contribution is 0.113. The minimum Gasteiger partial charge on any atom is -0.310 e. The molecular formula is C13H21BrN4. The summed E-state index contributed by atoms with van der Waals surface area (Å²) in [5.74, 6) is 0. The Bertz CT molecular complexity index is 385. The fourth-order valence-corrected chi connectivity index (χ4v) is 2.62. The second-order valence-corrected chi connectivity index (χ2v) is 5.79. The molecule has 1 aliphatic heterocycles. The van der Waals surface area contributed by atoms with Crippen LogP contribution in [0.3, 0.4) is 0 Å². The molecular weight excluding hydrogens is 292 g/mol. The Morgan fingerprint density at radius 3 is 3.00 bits per heavy atom. The number of rotatable bonds is 4. The normalized spacial score (nSPS) is 22.3. The maximum absolute atomic E-state index is 4.42. The Kier molecular flexibility index (Phi) is 5.12. The maximum atomic E-state index is 4.42. The van der Waals surface area contributed by atoms with Gasteiger partial charge >= 0.3 is 0 Å². The average Bonchev–Trinajstić information content (AvgIpc) is 2.34. The molecule has 0 amide bonds. The van der Waals surface area contributed by atoms with Crippen LogP contribution in [0, 0.1) is 0 Å². The highest BCUT2D eigenvalue weighted by Crippen LogP contribution is 2.07. The SMILES string of the molecule is CN1CCN(C)C(CNCc2cccc(Br)n2)C1. The standard InChI is InChI=1S/C13H21BrN4/c1-17-6-7-18(2)12(10-17)9-15-8-11-4-3-5-13(14)16-11/h3-5,12,15H,6-10H2,1-2H3. The van der Waals surface area contributed by atoms with Crippen LogP contribution in [0.5, 0.6) is 0 Å². The van der Waals surface area contributed by atoms with Crippen molar-refractivity contribution in [2.45, 2.75) is 12.6 Å². The molecule has 0 saturated carbocycles. The van der Waals surface area contributed by atoms with E-state index in [-0.39, 0.29) is 0 Å². The monoisotopic (exact) mass is 312 g/mol. The largest absolute Gasteiger partial charge is 0.310 e. The van der Waals surface area contributed by atoms with Crippen molar-refractivity contribution >= 4 is 15.9 Å². The van der Waals surface area contributed by atoms with Crippen LogP contribution in [0.15, 0.2) is 22.8 Å². The van der Waals surface area contributed by atoms with Crippen LogP contribution < -0.4 is 5.32 Å². The van der Waals surface area contributed by atoms with Gasteiger partial charge in [-0.1, -0.05) is 6.07 Å². The number of hydrogen-bond acceptors (Lipinski definition) is 4. The zero-order chi connectivity index (χ0) is 13.0. The van der Waals surface area contributed by atoms with Gasteiger partial charge in [-0.15, -0.1) is 0 Å². The zero-order valence-corrected chi connectivity index (χ0v) is 12.7. The molecule has 5 heteroatoms. The van der Waals surface area contributed by atoms with Gasteiger partial charge in [-0.3, -0.25) is 4.90 Å². The topological polar surface area (TPSA) is 31.4 Å². The quantitative estimate of drug-likeness (QED) is 0.846. The van der Waals surface area contributed by atoms with Gasteiger partial charge in [0.05, 0.1) is 5.69 Å². The van der Waals surface area contributed by atoms with Crippen LogP contribution in [-0.2, 0) is 6.54 Å². The van der Waals surface area contributed by atoms with Crippen LogP contribution in [-0.4, -0.2) is 61.1 Å². The number of nitrogens with one attached hydrogen (secondary N) is 1. The lowest BCUT2D eigenvalue weighted by Crippen LogP contribution is -2.53. The zero-order valence-electron chi connectivity index (χ0n) is 11.1. The molecule has 0 spiro atoms. The minimum absolute atomic E-state index is 0.593. The highest BCUT2D eigenvalue weighted by atomic mass is 79.9. The molecule has 1 aliphatic rings. The predicted octanol–water partition coefficient (Wildman–Crippen LogP) is 1.18. The summed E-state index contributed by atoms with van der Waals surface area (Å²) in [4.78, 5) is 9.24. The van der Waals surface area contributed by atoms with Gasteiger partial charge in [0.15, 0.2) is 0 Å². The van der Waals surface area contributed by atoms with Crippen LogP contribution in [0.2, 0.25) is 0 Å². The van der Waals surface area contributed by atoms with E-state index < -0.39 is 0 Å². The van der Waals surface area contributed by atoms with Crippen molar-refractivity contribution in [3.8, 4) is 0 Å². The molecule has 100 valence electrons. The molecule has 18 heavy (non-hydrogen) atoms. The number of pyridine rings is 1. The van der Waals surface area contributed by atoms with Crippen molar-refractivity contribution in [2.24, 2.45) is 0 Å². The van der Waals surface area contributed by atoms with Gasteiger partial charge < -0.3 is 10.2 Å². The van der Waals surface area contributed by atoms with Gasteiger partial charge in [-0.05, 0) is 42.2 Å². The number of piperazine rings is 1. The van der Waals surface area contributed by atoms with Crippen LogP contribution >= 0.6 is 15.9 Å². The number of hydrogen-bond donors (Lipinski definition) is 1. The van der Waals surface area contributed by atoms with E-state index in [9.17, 15) is 0 Å². The minimum atomic E-state index is 0.593. The summed E-state index contributed by atoms with van der Waals surface area (Å²) in [5.41, 5.74) is 1.08. The Balaban J connectivity index is 1.77. The smallest absolute Gasteiger partial charge is 0.106 e. The van der Waals surface area contributed by atoms with Crippen molar-refractivity contribution < 1.29 is 0 Å². The van der Waals surface area contributed by atoms with Crippen LogP contribution in [0.4, 0.5) is 0 Å². The van der Waals surface area contributed by atoms with Gasteiger partial charge in [0.1, 0.15) is 4.60 Å². The third-order valence-electron chi connectivity index (χ3n) is 3.44. The Hall–Kier alpha value is -0.490. The van der Waals surface area contributed by atoms with Crippen molar-refractivity contribution in [3.05, 3.63) is 28.5 Å². The number of likely N-dealkylation sites (N-methyl/N-ethyl adjacent to an activating group) is 2. The maximum Gasteiger partial charge on any atom is 0.106 e. The third-order valence-corrected chi connectivity index (χ3v) is 3.88. The fraction of sp³-hybridized carbons (Fsp3) is 0.615. The Morgan fingerprint density at radius 2 is 2.22 bits per heavy atom. The molecule has 1 aromatic heterocycles. The summed E-state index contributed by atoms with van der Waals surface area (Å²) in [6, 6.07) is 6.62. The van der Waals surface area contributed by atoms with Gasteiger partial charge in [0.25, 0.3) is 0 Å². The molecule has 0 bridgehead atoms. The summed E-state index contributed by atoms with van der Waals surface area (Å²) in [6.45, 7) is 5.29. The molecule has 1 fully saturated rings. The van der Waals surface area contributed by atoms with Crippen molar-refractivity contribution in [2.75, 3.05) is 40.3 Å². The summed E-state index contributed by atoms with van der Waals surface area (Å²) in [6.07, 6.45) is 0. The average molecular weight is 313 g/mol. The lowest BCUT2D eigenvalue weighted by Gasteiger charge is -2.37. The molecule has 2 heterocycles. The molecule has 1 aromatic rings. The van der Waals surface area contributed by atoms with Gasteiger partial charge in [-0.25, -0.2) is 4.98 Å². The van der Waals surface area contributed by atoms with E-state index in [1.165, 1.54) is 6.54 Å². The van der Waals surface area contributed by atoms with Crippen molar-refractivity contribution in [1.82, 2.24) is 20.1 Å².